The van der Waals surface area contributed by atoms with E-state index in [-0.39, 0.29) is 0 Å². The second-order valence-electron chi connectivity index (χ2n) is 3.16. The molecule has 2 nitrogen and oxygen atoms in total. The molecule has 0 spiro atoms. The largest absolute Gasteiger partial charge is 0.383 e. The molecule has 0 amide bonds. The molecule has 1 aliphatic heterocycles. The summed E-state index contributed by atoms with van der Waals surface area (Å²) in [4.78, 5) is 0.977. The SMILES string of the molecule is CCc1ccc2c(c1)S(=O)CCN2. The molecule has 1 heterocycles. The van der Waals surface area contributed by atoms with Gasteiger partial charge in [0.25, 0.3) is 0 Å². The Morgan fingerprint density at radius 1 is 1.54 bits per heavy atom. The van der Waals surface area contributed by atoms with E-state index in [2.05, 4.69) is 24.4 Å². The summed E-state index contributed by atoms with van der Waals surface area (Å²) >= 11 is 0. The molecule has 70 valence electrons. The van der Waals surface area contributed by atoms with Gasteiger partial charge in [-0.3, -0.25) is 4.21 Å². The zero-order valence-electron chi connectivity index (χ0n) is 7.67. The summed E-state index contributed by atoms with van der Waals surface area (Å²) in [6, 6.07) is 6.18. The van der Waals surface area contributed by atoms with Gasteiger partial charge in [0.15, 0.2) is 0 Å². The van der Waals surface area contributed by atoms with Crippen molar-refractivity contribution in [3.63, 3.8) is 0 Å². The van der Waals surface area contributed by atoms with Gasteiger partial charge in [-0.25, -0.2) is 0 Å². The molecule has 0 saturated carbocycles. The molecule has 0 saturated heterocycles. The number of fused-ring (bicyclic) bond motifs is 1. The summed E-state index contributed by atoms with van der Waals surface area (Å²) in [7, 11) is -0.790. The van der Waals surface area contributed by atoms with Crippen molar-refractivity contribution in [2.75, 3.05) is 17.6 Å². The average Bonchev–Trinajstić information content (AvgIpc) is 2.18. The lowest BCUT2D eigenvalue weighted by atomic mass is 10.1. The molecule has 1 aromatic rings. The first-order chi connectivity index (χ1) is 6.31. The maximum atomic E-state index is 11.6. The molecule has 1 N–H and O–H groups in total. The normalized spacial score (nSPS) is 20.5. The summed E-state index contributed by atoms with van der Waals surface area (Å²) < 4.78 is 11.6. The topological polar surface area (TPSA) is 29.1 Å². The van der Waals surface area contributed by atoms with Crippen LogP contribution in [0.1, 0.15) is 12.5 Å². The molecule has 3 heteroatoms. The van der Waals surface area contributed by atoms with E-state index in [1.165, 1.54) is 5.56 Å². The van der Waals surface area contributed by atoms with E-state index in [0.717, 1.165) is 29.3 Å². The molecule has 1 aliphatic rings. The lowest BCUT2D eigenvalue weighted by molar-refractivity contribution is 0.682. The minimum Gasteiger partial charge on any atom is -0.383 e. The molecule has 1 aromatic carbocycles. The third-order valence-corrected chi connectivity index (χ3v) is 3.71. The van der Waals surface area contributed by atoms with Crippen molar-refractivity contribution in [1.29, 1.82) is 0 Å². The molecular weight excluding hydrogens is 182 g/mol. The number of nitrogens with one attached hydrogen (secondary N) is 1. The van der Waals surface area contributed by atoms with Crippen LogP contribution in [0.15, 0.2) is 23.1 Å². The number of anilines is 1. The molecule has 0 aromatic heterocycles. The second-order valence-corrected chi connectivity index (χ2v) is 4.70. The van der Waals surface area contributed by atoms with Gasteiger partial charge in [-0.1, -0.05) is 13.0 Å². The first-order valence-corrected chi connectivity index (χ1v) is 5.88. The maximum Gasteiger partial charge on any atom is 0.0622 e. The van der Waals surface area contributed by atoms with E-state index >= 15 is 0 Å². The fourth-order valence-electron chi connectivity index (χ4n) is 1.51. The molecular formula is C10H13NOS. The second kappa shape index (κ2) is 3.50. The Morgan fingerprint density at radius 3 is 3.15 bits per heavy atom. The zero-order chi connectivity index (χ0) is 9.26. The van der Waals surface area contributed by atoms with E-state index in [0.29, 0.717) is 0 Å². The minimum atomic E-state index is -0.790. The van der Waals surface area contributed by atoms with Gasteiger partial charge in [0.2, 0.25) is 0 Å². The van der Waals surface area contributed by atoms with Gasteiger partial charge in [0.1, 0.15) is 0 Å². The standard InChI is InChI=1S/C10H13NOS/c1-2-8-3-4-9-10(7-8)13(12)6-5-11-9/h3-4,7,11H,2,5-6H2,1H3. The van der Waals surface area contributed by atoms with E-state index in [4.69, 9.17) is 0 Å². The third-order valence-electron chi connectivity index (χ3n) is 2.30. The van der Waals surface area contributed by atoms with Crippen molar-refractivity contribution in [2.24, 2.45) is 0 Å². The summed E-state index contributed by atoms with van der Waals surface area (Å²) in [5.74, 6) is 0.736. The maximum absolute atomic E-state index is 11.6. The number of rotatable bonds is 1. The molecule has 0 fully saturated rings. The Bertz CT molecular complexity index is 349. The summed E-state index contributed by atoms with van der Waals surface area (Å²) in [5, 5.41) is 3.25. The van der Waals surface area contributed by atoms with Gasteiger partial charge >= 0.3 is 0 Å². The number of aryl methyl sites for hydroxylation is 1. The molecule has 13 heavy (non-hydrogen) atoms. The highest BCUT2D eigenvalue weighted by Crippen LogP contribution is 2.24. The van der Waals surface area contributed by atoms with Gasteiger partial charge in [-0.05, 0) is 24.1 Å². The van der Waals surface area contributed by atoms with Crippen LogP contribution in [-0.4, -0.2) is 16.5 Å². The Balaban J connectivity index is 2.47. The van der Waals surface area contributed by atoms with Crippen molar-refractivity contribution in [1.82, 2.24) is 0 Å². The van der Waals surface area contributed by atoms with Gasteiger partial charge in [0, 0.05) is 12.3 Å². The van der Waals surface area contributed by atoms with Crippen molar-refractivity contribution in [3.05, 3.63) is 23.8 Å². The van der Waals surface area contributed by atoms with Crippen LogP contribution >= 0.6 is 0 Å². The van der Waals surface area contributed by atoms with Crippen molar-refractivity contribution in [3.8, 4) is 0 Å². The molecule has 2 rings (SSSR count). The Labute approximate surface area is 80.8 Å². The Hall–Kier alpha value is -0.830. The fourth-order valence-corrected chi connectivity index (χ4v) is 2.69. The van der Waals surface area contributed by atoms with E-state index in [9.17, 15) is 4.21 Å². The minimum absolute atomic E-state index is 0.736. The number of hydrogen-bond donors (Lipinski definition) is 1. The van der Waals surface area contributed by atoms with Crippen molar-refractivity contribution >= 4 is 16.5 Å². The van der Waals surface area contributed by atoms with Crippen LogP contribution in [0.4, 0.5) is 5.69 Å². The highest BCUT2D eigenvalue weighted by Gasteiger charge is 2.14. The van der Waals surface area contributed by atoms with E-state index in [1.807, 2.05) is 6.07 Å². The lowest BCUT2D eigenvalue weighted by Gasteiger charge is -2.17. The smallest absolute Gasteiger partial charge is 0.0622 e. The first kappa shape index (κ1) is 8.75. The lowest BCUT2D eigenvalue weighted by Crippen LogP contribution is -2.18. The van der Waals surface area contributed by atoms with Gasteiger partial charge < -0.3 is 5.32 Å². The third kappa shape index (κ3) is 1.61. The van der Waals surface area contributed by atoms with Crippen LogP contribution in [0, 0.1) is 0 Å². The zero-order valence-corrected chi connectivity index (χ0v) is 8.49. The van der Waals surface area contributed by atoms with Gasteiger partial charge in [-0.2, -0.15) is 0 Å². The summed E-state index contributed by atoms with van der Waals surface area (Å²) in [5.41, 5.74) is 2.30. The molecule has 0 aliphatic carbocycles. The van der Waals surface area contributed by atoms with Crippen LogP contribution in [0.25, 0.3) is 0 Å². The fraction of sp³-hybridized carbons (Fsp3) is 0.400. The van der Waals surface area contributed by atoms with E-state index in [1.54, 1.807) is 0 Å². The Kier molecular flexibility index (Phi) is 2.36. The predicted octanol–water partition coefficient (Wildman–Crippen LogP) is 1.78. The quantitative estimate of drug-likeness (QED) is 0.740. The average molecular weight is 195 g/mol. The van der Waals surface area contributed by atoms with E-state index < -0.39 is 10.8 Å². The summed E-state index contributed by atoms with van der Waals surface area (Å²) in [6.45, 7) is 2.94. The predicted molar refractivity (Wildman–Crippen MR) is 55.6 cm³/mol. The first-order valence-electron chi connectivity index (χ1n) is 4.56. The molecule has 1 atom stereocenters. The van der Waals surface area contributed by atoms with Crippen molar-refractivity contribution < 1.29 is 4.21 Å². The molecule has 1 unspecified atom stereocenters. The van der Waals surface area contributed by atoms with Crippen LogP contribution in [0.2, 0.25) is 0 Å². The van der Waals surface area contributed by atoms with Crippen LogP contribution in [-0.2, 0) is 17.2 Å². The van der Waals surface area contributed by atoms with Gasteiger partial charge in [0.05, 0.1) is 21.4 Å². The number of benzene rings is 1. The highest BCUT2D eigenvalue weighted by atomic mass is 32.2. The highest BCUT2D eigenvalue weighted by molar-refractivity contribution is 7.85. The Morgan fingerprint density at radius 2 is 2.38 bits per heavy atom. The van der Waals surface area contributed by atoms with Gasteiger partial charge in [-0.15, -0.1) is 0 Å². The van der Waals surface area contributed by atoms with Crippen LogP contribution in [0.5, 0.6) is 0 Å². The molecule has 0 radical (unpaired) electrons. The van der Waals surface area contributed by atoms with Crippen LogP contribution in [0.3, 0.4) is 0 Å². The summed E-state index contributed by atoms with van der Waals surface area (Å²) in [6.07, 6.45) is 1.00. The molecule has 0 bridgehead atoms. The van der Waals surface area contributed by atoms with Crippen molar-refractivity contribution in [2.45, 2.75) is 18.2 Å². The monoisotopic (exact) mass is 195 g/mol. The number of hydrogen-bond acceptors (Lipinski definition) is 2. The van der Waals surface area contributed by atoms with Crippen LogP contribution < -0.4 is 5.32 Å².